The van der Waals surface area contributed by atoms with Crippen molar-refractivity contribution in [3.8, 4) is 0 Å². The molecule has 1 heterocycles. The number of hydrogen-bond donors (Lipinski definition) is 3. The summed E-state index contributed by atoms with van der Waals surface area (Å²) < 4.78 is 13.1. The van der Waals surface area contributed by atoms with Gasteiger partial charge in [0.1, 0.15) is 5.82 Å². The first-order valence-electron chi connectivity index (χ1n) is 8.81. The van der Waals surface area contributed by atoms with Gasteiger partial charge in [-0.05, 0) is 36.6 Å². The lowest BCUT2D eigenvalue weighted by molar-refractivity contribution is -0.122. The summed E-state index contributed by atoms with van der Waals surface area (Å²) >= 11 is 0. The monoisotopic (exact) mass is 371 g/mol. The number of carbonyl (C=O) groups excluding carboxylic acids is 2. The van der Waals surface area contributed by atoms with E-state index in [0.717, 1.165) is 5.56 Å². The first kappa shape index (κ1) is 19.0. The molecule has 3 amide bonds. The molecule has 0 unspecified atom stereocenters. The highest BCUT2D eigenvalue weighted by molar-refractivity contribution is 6.01. The van der Waals surface area contributed by atoms with Crippen molar-refractivity contribution in [2.75, 3.05) is 25.0 Å². The topological polar surface area (TPSA) is 81.7 Å². The first-order chi connectivity index (χ1) is 12.9. The van der Waals surface area contributed by atoms with E-state index < -0.39 is 23.4 Å². The Morgan fingerprint density at radius 1 is 1.07 bits per heavy atom. The lowest BCUT2D eigenvalue weighted by atomic mass is 9.84. The summed E-state index contributed by atoms with van der Waals surface area (Å²) in [5.41, 5.74) is 0.262. The Balaban J connectivity index is 1.46. The summed E-state index contributed by atoms with van der Waals surface area (Å²) in [6.45, 7) is 1.15. The number of benzene rings is 2. The summed E-state index contributed by atoms with van der Waals surface area (Å²) in [4.78, 5) is 25.8. The third-order valence-electron chi connectivity index (χ3n) is 4.70. The molecule has 1 saturated heterocycles. The van der Waals surface area contributed by atoms with E-state index in [9.17, 15) is 19.1 Å². The molecule has 2 aromatic carbocycles. The van der Waals surface area contributed by atoms with Crippen LogP contribution in [0.1, 0.15) is 18.4 Å². The molecule has 0 saturated carbocycles. The van der Waals surface area contributed by atoms with Gasteiger partial charge in [-0.25, -0.2) is 9.18 Å². The molecule has 7 heteroatoms. The number of likely N-dealkylation sites (tertiary alicyclic amines) is 1. The maximum absolute atomic E-state index is 13.1. The minimum absolute atomic E-state index is 0.0570. The van der Waals surface area contributed by atoms with E-state index >= 15 is 0 Å². The van der Waals surface area contributed by atoms with Crippen LogP contribution in [-0.4, -0.2) is 41.6 Å². The second kappa shape index (κ2) is 8.28. The van der Waals surface area contributed by atoms with Crippen LogP contribution in [0, 0.1) is 5.82 Å². The maximum atomic E-state index is 13.1. The molecular weight excluding hydrogens is 349 g/mol. The molecule has 0 radical (unpaired) electrons. The number of piperidine rings is 1. The third kappa shape index (κ3) is 5.12. The van der Waals surface area contributed by atoms with E-state index in [0.29, 0.717) is 25.9 Å². The molecule has 0 aromatic heterocycles. The van der Waals surface area contributed by atoms with Crippen LogP contribution in [0.2, 0.25) is 0 Å². The minimum atomic E-state index is -0.886. The van der Waals surface area contributed by atoms with E-state index in [-0.39, 0.29) is 12.2 Å². The summed E-state index contributed by atoms with van der Waals surface area (Å²) in [6.07, 6.45) is 1.03. The van der Waals surface area contributed by atoms with E-state index in [2.05, 4.69) is 10.6 Å². The second-order valence-electron chi connectivity index (χ2n) is 6.69. The van der Waals surface area contributed by atoms with Gasteiger partial charge >= 0.3 is 6.03 Å². The number of nitrogens with zero attached hydrogens (tertiary/aromatic N) is 1. The Hall–Kier alpha value is -2.77. The van der Waals surface area contributed by atoms with Crippen LogP contribution in [0.5, 0.6) is 0 Å². The summed E-state index contributed by atoms with van der Waals surface area (Å²) in [5.74, 6) is -0.924. The van der Waals surface area contributed by atoms with Crippen LogP contribution in [0.4, 0.5) is 14.9 Å². The van der Waals surface area contributed by atoms with E-state index in [1.54, 1.807) is 0 Å². The molecule has 2 aromatic rings. The number of halogens is 1. The average molecular weight is 371 g/mol. The Kier molecular flexibility index (Phi) is 5.83. The third-order valence-corrected chi connectivity index (χ3v) is 4.70. The highest BCUT2D eigenvalue weighted by Gasteiger charge is 2.34. The van der Waals surface area contributed by atoms with Crippen LogP contribution in [0.25, 0.3) is 0 Å². The molecule has 6 nitrogen and oxygen atoms in total. The van der Waals surface area contributed by atoms with Gasteiger partial charge in [0.2, 0.25) is 5.91 Å². The van der Waals surface area contributed by atoms with Crippen molar-refractivity contribution in [1.82, 2.24) is 10.2 Å². The molecule has 27 heavy (non-hydrogen) atoms. The van der Waals surface area contributed by atoms with E-state index in [1.807, 2.05) is 35.2 Å². The van der Waals surface area contributed by atoms with Gasteiger partial charge in [0.05, 0.1) is 12.1 Å². The number of urea groups is 1. The minimum Gasteiger partial charge on any atom is -0.385 e. The van der Waals surface area contributed by atoms with Crippen LogP contribution >= 0.6 is 0 Å². The highest BCUT2D eigenvalue weighted by atomic mass is 19.1. The van der Waals surface area contributed by atoms with Gasteiger partial charge in [-0.15, -0.1) is 0 Å². The van der Waals surface area contributed by atoms with Crippen LogP contribution in [0.15, 0.2) is 54.6 Å². The van der Waals surface area contributed by atoms with E-state index in [4.69, 9.17) is 0 Å². The lowest BCUT2D eigenvalue weighted by Crippen LogP contribution is -2.47. The molecule has 0 aliphatic carbocycles. The van der Waals surface area contributed by atoms with Crippen molar-refractivity contribution >= 4 is 17.6 Å². The standard InChI is InChI=1S/C20H22FN3O3/c21-16-7-4-8-17(13-16)22-19(26)23-18(25)14-24-11-9-20(27,10-12-24)15-5-2-1-3-6-15/h1-8,13,27H,9-12,14H2,(H2,22,23,25,26). The van der Waals surface area contributed by atoms with Crippen molar-refractivity contribution in [2.24, 2.45) is 0 Å². The number of aliphatic hydroxyl groups is 1. The molecular formula is C20H22FN3O3. The molecule has 0 atom stereocenters. The molecule has 0 bridgehead atoms. The van der Waals surface area contributed by atoms with Gasteiger partial charge in [0.25, 0.3) is 0 Å². The predicted molar refractivity (Wildman–Crippen MR) is 99.6 cm³/mol. The smallest absolute Gasteiger partial charge is 0.325 e. The molecule has 0 spiro atoms. The Labute approximate surface area is 157 Å². The predicted octanol–water partition coefficient (Wildman–Crippen LogP) is 2.46. The average Bonchev–Trinajstić information content (AvgIpc) is 2.64. The van der Waals surface area contributed by atoms with Crippen LogP contribution in [0.3, 0.4) is 0 Å². The number of imide groups is 1. The number of rotatable bonds is 4. The first-order valence-corrected chi connectivity index (χ1v) is 8.81. The fourth-order valence-electron chi connectivity index (χ4n) is 3.22. The van der Waals surface area contributed by atoms with Gasteiger partial charge in [-0.1, -0.05) is 36.4 Å². The Bertz CT molecular complexity index is 805. The lowest BCUT2D eigenvalue weighted by Gasteiger charge is -2.38. The quantitative estimate of drug-likeness (QED) is 0.771. The highest BCUT2D eigenvalue weighted by Crippen LogP contribution is 2.32. The number of carbonyl (C=O) groups is 2. The van der Waals surface area contributed by atoms with E-state index in [1.165, 1.54) is 24.3 Å². The number of hydrogen-bond acceptors (Lipinski definition) is 4. The largest absolute Gasteiger partial charge is 0.385 e. The summed E-state index contributed by atoms with van der Waals surface area (Å²) in [5, 5.41) is 15.5. The van der Waals surface area contributed by atoms with Gasteiger partial charge in [0.15, 0.2) is 0 Å². The fraction of sp³-hybridized carbons (Fsp3) is 0.300. The Morgan fingerprint density at radius 3 is 2.44 bits per heavy atom. The zero-order valence-corrected chi connectivity index (χ0v) is 14.8. The number of amides is 3. The normalized spacial score (nSPS) is 16.5. The fourth-order valence-corrected chi connectivity index (χ4v) is 3.22. The maximum Gasteiger partial charge on any atom is 0.325 e. The van der Waals surface area contributed by atoms with Crippen molar-refractivity contribution in [3.05, 3.63) is 66.0 Å². The van der Waals surface area contributed by atoms with Gasteiger partial charge < -0.3 is 10.4 Å². The molecule has 1 aliphatic heterocycles. The molecule has 3 rings (SSSR count). The van der Waals surface area contributed by atoms with Crippen molar-refractivity contribution in [2.45, 2.75) is 18.4 Å². The van der Waals surface area contributed by atoms with Crippen molar-refractivity contribution in [1.29, 1.82) is 0 Å². The summed E-state index contributed by atoms with van der Waals surface area (Å²) in [6, 6.07) is 14.2. The number of anilines is 1. The van der Waals surface area contributed by atoms with Crippen molar-refractivity contribution < 1.29 is 19.1 Å². The molecule has 3 N–H and O–H groups in total. The SMILES string of the molecule is O=C(CN1CCC(O)(c2ccccc2)CC1)NC(=O)Nc1cccc(F)c1. The molecule has 1 aliphatic rings. The second-order valence-corrected chi connectivity index (χ2v) is 6.69. The van der Waals surface area contributed by atoms with Gasteiger partial charge in [-0.2, -0.15) is 0 Å². The number of nitrogens with one attached hydrogen (secondary N) is 2. The van der Waals surface area contributed by atoms with Crippen LogP contribution in [-0.2, 0) is 10.4 Å². The Morgan fingerprint density at radius 2 is 1.78 bits per heavy atom. The zero-order valence-electron chi connectivity index (χ0n) is 14.8. The zero-order chi connectivity index (χ0) is 19.3. The van der Waals surface area contributed by atoms with Gasteiger partial charge in [0, 0.05) is 18.8 Å². The molecule has 1 fully saturated rings. The van der Waals surface area contributed by atoms with Gasteiger partial charge in [-0.3, -0.25) is 15.0 Å². The summed E-state index contributed by atoms with van der Waals surface area (Å²) in [7, 11) is 0. The molecule has 142 valence electrons. The van der Waals surface area contributed by atoms with Crippen LogP contribution < -0.4 is 10.6 Å². The van der Waals surface area contributed by atoms with Crippen molar-refractivity contribution in [3.63, 3.8) is 0 Å².